The van der Waals surface area contributed by atoms with Crippen LogP contribution < -0.4 is 15.5 Å². The van der Waals surface area contributed by atoms with Crippen molar-refractivity contribution in [3.63, 3.8) is 0 Å². The number of benzene rings is 1. The molecule has 0 saturated heterocycles. The average molecular weight is 412 g/mol. The second kappa shape index (κ2) is 8.14. The van der Waals surface area contributed by atoms with Gasteiger partial charge >= 0.3 is 0 Å². The van der Waals surface area contributed by atoms with Crippen molar-refractivity contribution in [3.8, 4) is 22.8 Å². The van der Waals surface area contributed by atoms with E-state index in [2.05, 4.69) is 12.2 Å². The molecule has 1 amide bonds. The molecule has 2 aliphatic rings. The van der Waals surface area contributed by atoms with Crippen LogP contribution in [0.3, 0.4) is 0 Å². The summed E-state index contributed by atoms with van der Waals surface area (Å²) in [7, 11) is 0. The molecule has 2 heterocycles. The highest BCUT2D eigenvalue weighted by Gasteiger charge is 2.28. The highest BCUT2D eigenvalue weighted by molar-refractivity contribution is 5.94. The lowest BCUT2D eigenvalue weighted by Gasteiger charge is -2.31. The Bertz CT molecular complexity index is 1020. The van der Waals surface area contributed by atoms with E-state index in [0.717, 1.165) is 24.0 Å². The van der Waals surface area contributed by atoms with Crippen molar-refractivity contribution < 1.29 is 19.7 Å². The molecule has 2 unspecified atom stereocenters. The number of aromatic nitrogens is 1. The molecule has 7 heteroatoms. The molecule has 2 atom stereocenters. The van der Waals surface area contributed by atoms with E-state index < -0.39 is 11.9 Å². The Kier molecular flexibility index (Phi) is 5.56. The second-order valence-corrected chi connectivity index (χ2v) is 8.40. The third kappa shape index (κ3) is 3.94. The molecule has 0 radical (unpaired) electrons. The Morgan fingerprint density at radius 1 is 1.33 bits per heavy atom. The van der Waals surface area contributed by atoms with Crippen molar-refractivity contribution >= 4 is 5.91 Å². The van der Waals surface area contributed by atoms with Gasteiger partial charge in [-0.15, -0.1) is 0 Å². The van der Waals surface area contributed by atoms with Gasteiger partial charge in [-0.1, -0.05) is 6.92 Å². The Balaban J connectivity index is 1.73. The normalized spacial score (nSPS) is 18.3. The molecule has 1 aromatic heterocycles. The van der Waals surface area contributed by atoms with Crippen LogP contribution in [0, 0.1) is 5.92 Å². The number of hydrogen-bond donors (Lipinski definition) is 3. The number of amides is 1. The first kappa shape index (κ1) is 20.5. The minimum absolute atomic E-state index is 0.0505. The summed E-state index contributed by atoms with van der Waals surface area (Å²) in [4.78, 5) is 25.2. The second-order valence-electron chi connectivity index (χ2n) is 8.40. The lowest BCUT2D eigenvalue weighted by molar-refractivity contribution is 0.0920. The number of aliphatic hydroxyl groups is 1. The van der Waals surface area contributed by atoms with Crippen molar-refractivity contribution in [2.24, 2.45) is 5.92 Å². The number of fused-ring (bicyclic) bond motifs is 3. The molecular formula is C23H28N2O5. The number of carbonyl (C=O) groups excluding carboxylic acids is 1. The summed E-state index contributed by atoms with van der Waals surface area (Å²) in [5.74, 6) is 0.632. The van der Waals surface area contributed by atoms with E-state index in [1.807, 2.05) is 10.6 Å². The first-order valence-corrected chi connectivity index (χ1v) is 10.6. The standard InChI is InChI=1S/C23H28N2O5/c1-3-16-6-15-7-22(30-12-14-4-5-14)21(28)8-17(15)19-9-20(27)18(10-25(16)19)23(29)24-13(2)11-26/h7-10,13-14,16,26,28H,3-6,11-12H2,1-2H3,(H,24,29). The fourth-order valence-electron chi connectivity index (χ4n) is 3.90. The van der Waals surface area contributed by atoms with Crippen LogP contribution >= 0.6 is 0 Å². The highest BCUT2D eigenvalue weighted by Crippen LogP contribution is 2.42. The lowest BCUT2D eigenvalue weighted by Crippen LogP contribution is -2.38. The average Bonchev–Trinajstić information content (AvgIpc) is 3.55. The quantitative estimate of drug-likeness (QED) is 0.649. The van der Waals surface area contributed by atoms with Gasteiger partial charge in [0.15, 0.2) is 16.9 Å². The van der Waals surface area contributed by atoms with Gasteiger partial charge in [-0.25, -0.2) is 0 Å². The summed E-state index contributed by atoms with van der Waals surface area (Å²) in [6, 6.07) is 4.64. The van der Waals surface area contributed by atoms with Gasteiger partial charge in [0.2, 0.25) is 0 Å². The van der Waals surface area contributed by atoms with Gasteiger partial charge < -0.3 is 24.8 Å². The molecule has 1 aromatic carbocycles. The topological polar surface area (TPSA) is 101 Å². The van der Waals surface area contributed by atoms with Crippen molar-refractivity contribution in [1.29, 1.82) is 0 Å². The van der Waals surface area contributed by atoms with Crippen LogP contribution in [0.1, 0.15) is 55.1 Å². The van der Waals surface area contributed by atoms with Crippen LogP contribution in [0.5, 0.6) is 11.5 Å². The number of nitrogens with zero attached hydrogens (tertiary/aromatic N) is 1. The van der Waals surface area contributed by atoms with E-state index in [9.17, 15) is 14.7 Å². The van der Waals surface area contributed by atoms with Crippen LogP contribution in [-0.4, -0.2) is 39.9 Å². The monoisotopic (exact) mass is 412 g/mol. The van der Waals surface area contributed by atoms with E-state index in [1.165, 1.54) is 18.9 Å². The molecular weight excluding hydrogens is 384 g/mol. The molecule has 0 bridgehead atoms. The smallest absolute Gasteiger partial charge is 0.257 e. The summed E-state index contributed by atoms with van der Waals surface area (Å²) < 4.78 is 7.76. The van der Waals surface area contributed by atoms with Gasteiger partial charge in [-0.2, -0.15) is 0 Å². The molecule has 160 valence electrons. The number of rotatable bonds is 7. The Morgan fingerprint density at radius 2 is 2.10 bits per heavy atom. The van der Waals surface area contributed by atoms with E-state index >= 15 is 0 Å². The number of pyridine rings is 1. The largest absolute Gasteiger partial charge is 0.504 e. The zero-order valence-corrected chi connectivity index (χ0v) is 17.4. The number of aliphatic hydroxyl groups excluding tert-OH is 1. The number of ether oxygens (including phenoxy) is 1. The van der Waals surface area contributed by atoms with Gasteiger partial charge in [-0.05, 0) is 56.2 Å². The molecule has 1 fully saturated rings. The van der Waals surface area contributed by atoms with E-state index in [1.54, 1.807) is 19.2 Å². The third-order valence-corrected chi connectivity index (χ3v) is 5.93. The fourth-order valence-corrected chi connectivity index (χ4v) is 3.90. The molecule has 30 heavy (non-hydrogen) atoms. The lowest BCUT2D eigenvalue weighted by atomic mass is 9.90. The third-order valence-electron chi connectivity index (χ3n) is 5.93. The summed E-state index contributed by atoms with van der Waals surface area (Å²) in [6.45, 7) is 4.15. The van der Waals surface area contributed by atoms with Crippen molar-refractivity contribution in [3.05, 3.63) is 45.7 Å². The number of phenolic OH excluding ortho intramolecular Hbond substituents is 1. The summed E-state index contributed by atoms with van der Waals surface area (Å²) in [5, 5.41) is 22.3. The van der Waals surface area contributed by atoms with Crippen LogP contribution in [0.2, 0.25) is 0 Å². The minimum atomic E-state index is -0.496. The van der Waals surface area contributed by atoms with Crippen LogP contribution in [-0.2, 0) is 6.42 Å². The maximum atomic E-state index is 12.7. The maximum absolute atomic E-state index is 12.7. The van der Waals surface area contributed by atoms with Crippen LogP contribution in [0.25, 0.3) is 11.3 Å². The van der Waals surface area contributed by atoms with Gasteiger partial charge in [-0.3, -0.25) is 9.59 Å². The number of hydrogen-bond acceptors (Lipinski definition) is 5. The molecule has 7 nitrogen and oxygen atoms in total. The zero-order valence-electron chi connectivity index (χ0n) is 17.4. The number of aromatic hydroxyl groups is 1. The van der Waals surface area contributed by atoms with Gasteiger partial charge in [0.25, 0.3) is 5.91 Å². The van der Waals surface area contributed by atoms with Crippen molar-refractivity contribution in [2.75, 3.05) is 13.2 Å². The van der Waals surface area contributed by atoms with Gasteiger partial charge in [0.05, 0.1) is 18.9 Å². The molecule has 0 spiro atoms. The number of phenols is 1. The van der Waals surface area contributed by atoms with Crippen LogP contribution in [0.4, 0.5) is 0 Å². The number of carbonyl (C=O) groups is 1. The zero-order chi connectivity index (χ0) is 21.4. The van der Waals surface area contributed by atoms with E-state index in [0.29, 0.717) is 24.0 Å². The molecule has 1 aliphatic carbocycles. The van der Waals surface area contributed by atoms with E-state index in [-0.39, 0.29) is 29.4 Å². The van der Waals surface area contributed by atoms with Crippen molar-refractivity contribution in [1.82, 2.24) is 9.88 Å². The molecule has 3 N–H and O–H groups in total. The predicted molar refractivity (Wildman–Crippen MR) is 113 cm³/mol. The number of nitrogens with one attached hydrogen (secondary N) is 1. The Hall–Kier alpha value is -2.80. The first-order valence-electron chi connectivity index (χ1n) is 10.6. The van der Waals surface area contributed by atoms with Gasteiger partial charge in [0, 0.05) is 29.9 Å². The predicted octanol–water partition coefficient (Wildman–Crippen LogP) is 2.63. The van der Waals surface area contributed by atoms with Gasteiger partial charge in [0.1, 0.15) is 5.56 Å². The maximum Gasteiger partial charge on any atom is 0.257 e. The van der Waals surface area contributed by atoms with E-state index in [4.69, 9.17) is 9.84 Å². The summed E-state index contributed by atoms with van der Waals surface area (Å²) in [5.41, 5.74) is 2.15. The highest BCUT2D eigenvalue weighted by atomic mass is 16.5. The fraction of sp³-hybridized carbons (Fsp3) is 0.478. The SMILES string of the molecule is CCC1Cc2cc(OCC3CC3)c(O)cc2-c2cc(=O)c(C(=O)NC(C)CO)cn21. The molecule has 2 aromatic rings. The first-order chi connectivity index (χ1) is 14.4. The molecule has 1 aliphatic heterocycles. The molecule has 4 rings (SSSR count). The summed E-state index contributed by atoms with van der Waals surface area (Å²) >= 11 is 0. The Morgan fingerprint density at radius 3 is 2.77 bits per heavy atom. The van der Waals surface area contributed by atoms with Crippen LogP contribution in [0.15, 0.2) is 29.2 Å². The minimum Gasteiger partial charge on any atom is -0.504 e. The summed E-state index contributed by atoms with van der Waals surface area (Å²) in [6.07, 6.45) is 5.49. The van der Waals surface area contributed by atoms with Crippen molar-refractivity contribution in [2.45, 2.75) is 51.6 Å². The Labute approximate surface area is 175 Å². The molecule has 1 saturated carbocycles.